The second-order valence-electron chi connectivity index (χ2n) is 4.51. The van der Waals surface area contributed by atoms with Crippen molar-refractivity contribution in [1.82, 2.24) is 4.98 Å². The summed E-state index contributed by atoms with van der Waals surface area (Å²) in [5, 5.41) is 0. The lowest BCUT2D eigenvalue weighted by Gasteiger charge is -2.31. The van der Waals surface area contributed by atoms with Crippen LogP contribution < -0.4 is 16.4 Å². The molecule has 2 heterocycles. The van der Waals surface area contributed by atoms with Crippen LogP contribution in [-0.4, -0.2) is 24.0 Å². The Morgan fingerprint density at radius 3 is 2.59 bits per heavy atom. The fourth-order valence-corrected chi connectivity index (χ4v) is 2.13. The van der Waals surface area contributed by atoms with E-state index in [0.717, 1.165) is 37.4 Å². The molecule has 1 amide bonds. The summed E-state index contributed by atoms with van der Waals surface area (Å²) >= 11 is 0. The third-order valence-electron chi connectivity index (χ3n) is 3.33. The Hall–Kier alpha value is -1.78. The Bertz CT molecular complexity index is 425. The van der Waals surface area contributed by atoms with Gasteiger partial charge in [0.2, 0.25) is 5.91 Å². The van der Waals surface area contributed by atoms with Gasteiger partial charge in [-0.05, 0) is 31.9 Å². The van der Waals surface area contributed by atoms with E-state index in [1.165, 1.54) is 0 Å². The fraction of sp³-hybridized carbons (Fsp3) is 0.500. The SMILES string of the molecule is Cc1nc(N2CCC(C(N)=O)CC2)ccc1N. The number of amides is 1. The molecule has 0 saturated carbocycles. The van der Waals surface area contributed by atoms with E-state index in [-0.39, 0.29) is 11.8 Å². The summed E-state index contributed by atoms with van der Waals surface area (Å²) < 4.78 is 0. The average Bonchev–Trinajstić information content (AvgIpc) is 2.33. The van der Waals surface area contributed by atoms with Gasteiger partial charge in [-0.25, -0.2) is 4.98 Å². The standard InChI is InChI=1S/C12H18N4O/c1-8-10(13)2-3-11(15-8)16-6-4-9(5-7-16)12(14)17/h2-3,9H,4-7,13H2,1H3,(H2,14,17). The molecule has 0 atom stereocenters. The summed E-state index contributed by atoms with van der Waals surface area (Å²) in [6, 6.07) is 3.80. The van der Waals surface area contributed by atoms with Crippen molar-refractivity contribution in [3.63, 3.8) is 0 Å². The van der Waals surface area contributed by atoms with E-state index in [2.05, 4.69) is 9.88 Å². The van der Waals surface area contributed by atoms with E-state index < -0.39 is 0 Å². The van der Waals surface area contributed by atoms with Crippen molar-refractivity contribution in [2.45, 2.75) is 19.8 Å². The zero-order chi connectivity index (χ0) is 12.4. The van der Waals surface area contributed by atoms with Gasteiger partial charge < -0.3 is 16.4 Å². The zero-order valence-corrected chi connectivity index (χ0v) is 10.0. The van der Waals surface area contributed by atoms with E-state index in [1.807, 2.05) is 19.1 Å². The highest BCUT2D eigenvalue weighted by atomic mass is 16.1. The number of pyridine rings is 1. The van der Waals surface area contributed by atoms with E-state index >= 15 is 0 Å². The number of piperidine rings is 1. The van der Waals surface area contributed by atoms with Crippen LogP contribution in [0.15, 0.2) is 12.1 Å². The number of carbonyl (C=O) groups is 1. The minimum Gasteiger partial charge on any atom is -0.397 e. The number of anilines is 2. The van der Waals surface area contributed by atoms with Gasteiger partial charge in [-0.2, -0.15) is 0 Å². The first-order chi connectivity index (χ1) is 8.08. The maximum Gasteiger partial charge on any atom is 0.220 e. The highest BCUT2D eigenvalue weighted by Crippen LogP contribution is 2.23. The maximum absolute atomic E-state index is 11.1. The van der Waals surface area contributed by atoms with E-state index in [0.29, 0.717) is 5.69 Å². The van der Waals surface area contributed by atoms with E-state index in [9.17, 15) is 4.79 Å². The summed E-state index contributed by atoms with van der Waals surface area (Å²) in [6.07, 6.45) is 1.61. The molecule has 1 aliphatic heterocycles. The number of nitrogens with two attached hydrogens (primary N) is 2. The minimum absolute atomic E-state index is 0.0149. The third-order valence-corrected chi connectivity index (χ3v) is 3.33. The summed E-state index contributed by atoms with van der Waals surface area (Å²) in [5.74, 6) is 0.756. The van der Waals surface area contributed by atoms with Gasteiger partial charge in [0.1, 0.15) is 5.82 Å². The minimum atomic E-state index is -0.189. The van der Waals surface area contributed by atoms with Crippen LogP contribution in [0.4, 0.5) is 11.5 Å². The van der Waals surface area contributed by atoms with E-state index in [1.54, 1.807) is 0 Å². The molecule has 1 aromatic rings. The van der Waals surface area contributed by atoms with E-state index in [4.69, 9.17) is 11.5 Å². The molecule has 1 fully saturated rings. The molecule has 5 heteroatoms. The third kappa shape index (κ3) is 2.49. The lowest BCUT2D eigenvalue weighted by Crippen LogP contribution is -2.39. The quantitative estimate of drug-likeness (QED) is 0.787. The van der Waals surface area contributed by atoms with Gasteiger partial charge in [-0.15, -0.1) is 0 Å². The first-order valence-electron chi connectivity index (χ1n) is 5.85. The van der Waals surface area contributed by atoms with Crippen LogP contribution in [0.2, 0.25) is 0 Å². The maximum atomic E-state index is 11.1. The van der Waals surface area contributed by atoms with Gasteiger partial charge in [0.25, 0.3) is 0 Å². The second-order valence-corrected chi connectivity index (χ2v) is 4.51. The number of hydrogen-bond acceptors (Lipinski definition) is 4. The molecule has 0 bridgehead atoms. The Morgan fingerprint density at radius 2 is 2.06 bits per heavy atom. The van der Waals surface area contributed by atoms with Crippen LogP contribution >= 0.6 is 0 Å². The number of primary amides is 1. The van der Waals surface area contributed by atoms with Crippen molar-refractivity contribution < 1.29 is 4.79 Å². The molecule has 2 rings (SSSR count). The second kappa shape index (κ2) is 4.61. The van der Waals surface area contributed by atoms with Crippen LogP contribution in [-0.2, 0) is 4.79 Å². The number of nitrogens with zero attached hydrogens (tertiary/aromatic N) is 2. The van der Waals surface area contributed by atoms with Crippen molar-refractivity contribution >= 4 is 17.4 Å². The largest absolute Gasteiger partial charge is 0.397 e. The molecule has 0 aromatic carbocycles. The summed E-state index contributed by atoms with van der Waals surface area (Å²) in [5.41, 5.74) is 12.6. The molecule has 1 aromatic heterocycles. The van der Waals surface area contributed by atoms with Crippen molar-refractivity contribution in [2.24, 2.45) is 11.7 Å². The van der Waals surface area contributed by atoms with Gasteiger partial charge in [0.05, 0.1) is 11.4 Å². The predicted molar refractivity (Wildman–Crippen MR) is 67.5 cm³/mol. The number of hydrogen-bond donors (Lipinski definition) is 2. The summed E-state index contributed by atoms with van der Waals surface area (Å²) in [4.78, 5) is 17.7. The van der Waals surface area contributed by atoms with Crippen molar-refractivity contribution in [3.8, 4) is 0 Å². The molecule has 0 spiro atoms. The lowest BCUT2D eigenvalue weighted by atomic mass is 9.96. The van der Waals surface area contributed by atoms with Gasteiger partial charge in [0.15, 0.2) is 0 Å². The van der Waals surface area contributed by atoms with Crippen molar-refractivity contribution in [2.75, 3.05) is 23.7 Å². The van der Waals surface area contributed by atoms with Crippen molar-refractivity contribution in [3.05, 3.63) is 17.8 Å². The topological polar surface area (TPSA) is 85.2 Å². The number of nitrogen functional groups attached to an aromatic ring is 1. The Balaban J connectivity index is 2.05. The first kappa shape index (κ1) is 11.7. The zero-order valence-electron chi connectivity index (χ0n) is 10.0. The Labute approximate surface area is 101 Å². The molecule has 0 unspecified atom stereocenters. The summed E-state index contributed by atoms with van der Waals surface area (Å²) in [7, 11) is 0. The molecule has 0 radical (unpaired) electrons. The predicted octanol–water partition coefficient (Wildman–Crippen LogP) is 0.674. The molecular formula is C12H18N4O. The molecule has 92 valence electrons. The highest BCUT2D eigenvalue weighted by Gasteiger charge is 2.23. The first-order valence-corrected chi connectivity index (χ1v) is 5.85. The molecule has 1 saturated heterocycles. The highest BCUT2D eigenvalue weighted by molar-refractivity contribution is 5.77. The molecule has 5 nitrogen and oxygen atoms in total. The molecule has 0 aliphatic carbocycles. The Morgan fingerprint density at radius 1 is 1.41 bits per heavy atom. The number of aromatic nitrogens is 1. The van der Waals surface area contributed by atoms with Gasteiger partial charge in [0, 0.05) is 19.0 Å². The molecular weight excluding hydrogens is 216 g/mol. The lowest BCUT2D eigenvalue weighted by molar-refractivity contribution is -0.122. The fourth-order valence-electron chi connectivity index (χ4n) is 2.13. The van der Waals surface area contributed by atoms with Crippen LogP contribution in [0.1, 0.15) is 18.5 Å². The molecule has 4 N–H and O–H groups in total. The van der Waals surface area contributed by atoms with Crippen LogP contribution in [0.3, 0.4) is 0 Å². The number of aryl methyl sites for hydroxylation is 1. The van der Waals surface area contributed by atoms with Crippen LogP contribution in [0, 0.1) is 12.8 Å². The Kier molecular flexibility index (Phi) is 3.17. The van der Waals surface area contributed by atoms with Crippen molar-refractivity contribution in [1.29, 1.82) is 0 Å². The normalized spacial score (nSPS) is 17.1. The average molecular weight is 234 g/mol. The molecule has 17 heavy (non-hydrogen) atoms. The summed E-state index contributed by atoms with van der Waals surface area (Å²) in [6.45, 7) is 3.54. The monoisotopic (exact) mass is 234 g/mol. The van der Waals surface area contributed by atoms with Crippen LogP contribution in [0.5, 0.6) is 0 Å². The van der Waals surface area contributed by atoms with Gasteiger partial charge in [-0.3, -0.25) is 4.79 Å². The van der Waals surface area contributed by atoms with Crippen LogP contribution in [0.25, 0.3) is 0 Å². The van der Waals surface area contributed by atoms with Gasteiger partial charge in [-0.1, -0.05) is 0 Å². The molecule has 1 aliphatic rings. The number of rotatable bonds is 2. The smallest absolute Gasteiger partial charge is 0.220 e. The van der Waals surface area contributed by atoms with Gasteiger partial charge >= 0.3 is 0 Å². The number of carbonyl (C=O) groups excluding carboxylic acids is 1.